The lowest BCUT2D eigenvalue weighted by molar-refractivity contribution is 0.0217. The van der Waals surface area contributed by atoms with Gasteiger partial charge in [0.15, 0.2) is 5.82 Å². The number of aromatic nitrogens is 2. The highest BCUT2D eigenvalue weighted by Crippen LogP contribution is 2.40. The number of carbonyl (C=O) groups excluding carboxylic acids is 1. The Hall–Kier alpha value is -3.65. The van der Waals surface area contributed by atoms with E-state index in [1.165, 1.54) is 35.4 Å². The van der Waals surface area contributed by atoms with Gasteiger partial charge in [-0.3, -0.25) is 9.48 Å². The van der Waals surface area contributed by atoms with Gasteiger partial charge < -0.3 is 26.0 Å². The largest absolute Gasteiger partial charge is 0.465 e. The number of nitriles is 1. The molecule has 0 radical (unpaired) electrons. The minimum atomic E-state index is -1.03. The number of hydrogen-bond acceptors (Lipinski definition) is 6. The first-order valence-electron chi connectivity index (χ1n) is 11.3. The van der Waals surface area contributed by atoms with Crippen molar-refractivity contribution in [3.05, 3.63) is 41.8 Å². The summed E-state index contributed by atoms with van der Waals surface area (Å²) in [4.78, 5) is 27.7. The molecule has 3 unspecified atom stereocenters. The van der Waals surface area contributed by atoms with Gasteiger partial charge in [0.05, 0.1) is 24.1 Å². The van der Waals surface area contributed by atoms with Gasteiger partial charge in [0, 0.05) is 18.4 Å². The van der Waals surface area contributed by atoms with Gasteiger partial charge >= 0.3 is 6.09 Å². The van der Waals surface area contributed by atoms with Crippen molar-refractivity contribution < 1.29 is 19.1 Å². The van der Waals surface area contributed by atoms with E-state index in [0.717, 1.165) is 25.9 Å². The van der Waals surface area contributed by atoms with Crippen molar-refractivity contribution in [1.82, 2.24) is 19.6 Å². The summed E-state index contributed by atoms with van der Waals surface area (Å²) in [6.45, 7) is 1.95. The molecule has 0 bridgehead atoms. The van der Waals surface area contributed by atoms with Crippen LogP contribution in [-0.4, -0.2) is 69.4 Å². The Bertz CT molecular complexity index is 1090. The van der Waals surface area contributed by atoms with E-state index < -0.39 is 35.8 Å². The molecule has 2 saturated heterocycles. The van der Waals surface area contributed by atoms with Crippen LogP contribution in [-0.2, 0) is 0 Å². The molecule has 11 heteroatoms. The van der Waals surface area contributed by atoms with Crippen molar-refractivity contribution >= 4 is 23.5 Å². The molecular weight excluding hydrogens is 441 g/mol. The smallest absolute Gasteiger partial charge is 0.407 e. The van der Waals surface area contributed by atoms with Crippen LogP contribution >= 0.6 is 0 Å². The fourth-order valence-corrected chi connectivity index (χ4v) is 5.13. The van der Waals surface area contributed by atoms with Gasteiger partial charge in [-0.1, -0.05) is 0 Å². The molecule has 3 heterocycles. The van der Waals surface area contributed by atoms with Crippen LogP contribution in [0.4, 0.5) is 20.7 Å². The number of rotatable bonds is 5. The van der Waals surface area contributed by atoms with Crippen molar-refractivity contribution in [3.63, 3.8) is 0 Å². The molecule has 34 heavy (non-hydrogen) atoms. The summed E-state index contributed by atoms with van der Waals surface area (Å²) in [6.07, 6.45) is 2.46. The molecule has 0 saturated carbocycles. The van der Waals surface area contributed by atoms with Crippen molar-refractivity contribution in [3.8, 4) is 6.07 Å². The Labute approximate surface area is 196 Å². The maximum absolute atomic E-state index is 13.3. The van der Waals surface area contributed by atoms with E-state index in [1.54, 1.807) is 4.68 Å². The van der Waals surface area contributed by atoms with Crippen LogP contribution in [0.2, 0.25) is 0 Å². The average molecular weight is 470 g/mol. The van der Waals surface area contributed by atoms with Crippen LogP contribution < -0.4 is 11.1 Å². The number of primary amides is 1. The highest BCUT2D eigenvalue weighted by Gasteiger charge is 2.46. The van der Waals surface area contributed by atoms with Crippen LogP contribution in [0.25, 0.3) is 0 Å². The zero-order chi connectivity index (χ0) is 24.4. The van der Waals surface area contributed by atoms with Crippen LogP contribution in [0.5, 0.6) is 0 Å². The Morgan fingerprint density at radius 3 is 2.47 bits per heavy atom. The molecule has 4 rings (SSSR count). The van der Waals surface area contributed by atoms with Gasteiger partial charge in [-0.15, -0.1) is 0 Å². The molecule has 2 aliphatic heterocycles. The molecule has 1 aromatic carbocycles. The second-order valence-corrected chi connectivity index (χ2v) is 8.99. The van der Waals surface area contributed by atoms with Crippen LogP contribution in [0.15, 0.2) is 30.5 Å². The summed E-state index contributed by atoms with van der Waals surface area (Å²) < 4.78 is 14.8. The maximum Gasteiger partial charge on any atom is 0.407 e. The average Bonchev–Trinajstić information content (AvgIpc) is 3.24. The number of halogens is 1. The standard InChI is InChI=1S/C23H28FN7O3/c1-29-9-6-14(7-10-29)20-17(12-25)19(8-11-30(20)23(33)34)31-13-18(21(26)32)22(28-31)27-16-4-2-15(24)3-5-16/h2-5,13-14,17,19-20H,6-11H2,1H3,(H2,26,32)(H,27,28)(H,33,34). The normalized spacial score (nSPS) is 23.9. The van der Waals surface area contributed by atoms with Gasteiger partial charge in [-0.25, -0.2) is 9.18 Å². The number of nitrogens with one attached hydrogen (secondary N) is 1. The van der Waals surface area contributed by atoms with E-state index in [-0.39, 0.29) is 23.8 Å². The second-order valence-electron chi connectivity index (χ2n) is 8.99. The quantitative estimate of drug-likeness (QED) is 0.611. The summed E-state index contributed by atoms with van der Waals surface area (Å²) in [5.74, 6) is -1.47. The number of carboxylic acid groups (broad SMARTS) is 1. The van der Waals surface area contributed by atoms with Gasteiger partial charge in [-0.05, 0) is 69.6 Å². The number of nitrogens with zero attached hydrogens (tertiary/aromatic N) is 5. The van der Waals surface area contributed by atoms with E-state index in [0.29, 0.717) is 12.1 Å². The minimum Gasteiger partial charge on any atom is -0.465 e. The molecule has 4 N–H and O–H groups in total. The summed E-state index contributed by atoms with van der Waals surface area (Å²) in [5.41, 5.74) is 6.23. The molecular formula is C23H28FN7O3. The Morgan fingerprint density at radius 1 is 1.21 bits per heavy atom. The summed E-state index contributed by atoms with van der Waals surface area (Å²) in [6, 6.07) is 7.05. The predicted octanol–water partition coefficient (Wildman–Crippen LogP) is 2.64. The number of hydrogen-bond donors (Lipinski definition) is 3. The number of likely N-dealkylation sites (tertiary alicyclic amines) is 2. The third kappa shape index (κ3) is 4.68. The number of benzene rings is 1. The SMILES string of the molecule is CN1CCC(C2C(C#N)C(n3cc(C(N)=O)c(Nc4ccc(F)cc4)n3)CCN2C(=O)O)CC1. The zero-order valence-corrected chi connectivity index (χ0v) is 18.9. The molecule has 2 amide bonds. The Balaban J connectivity index is 1.66. The molecule has 0 spiro atoms. The van der Waals surface area contributed by atoms with Crippen LogP contribution in [0.1, 0.15) is 35.7 Å². The predicted molar refractivity (Wildman–Crippen MR) is 122 cm³/mol. The van der Waals surface area contributed by atoms with E-state index in [4.69, 9.17) is 5.73 Å². The maximum atomic E-state index is 13.3. The van der Waals surface area contributed by atoms with Crippen LogP contribution in [0.3, 0.4) is 0 Å². The summed E-state index contributed by atoms with van der Waals surface area (Å²) in [5, 5.41) is 27.5. The first-order valence-corrected chi connectivity index (χ1v) is 11.3. The molecule has 0 aliphatic carbocycles. The fourth-order valence-electron chi connectivity index (χ4n) is 5.13. The number of piperidine rings is 2. The summed E-state index contributed by atoms with van der Waals surface area (Å²) in [7, 11) is 2.03. The van der Waals surface area contributed by atoms with Gasteiger partial charge in [-0.2, -0.15) is 10.4 Å². The van der Waals surface area contributed by atoms with E-state index in [2.05, 4.69) is 21.4 Å². The zero-order valence-electron chi connectivity index (χ0n) is 18.9. The molecule has 2 aromatic rings. The van der Waals surface area contributed by atoms with Crippen molar-refractivity contribution in [2.24, 2.45) is 17.6 Å². The van der Waals surface area contributed by atoms with E-state index in [9.17, 15) is 24.3 Å². The highest BCUT2D eigenvalue weighted by atomic mass is 19.1. The van der Waals surface area contributed by atoms with E-state index >= 15 is 0 Å². The molecule has 2 aliphatic rings. The minimum absolute atomic E-state index is 0.0581. The first-order chi connectivity index (χ1) is 16.3. The van der Waals surface area contributed by atoms with Gasteiger partial charge in [0.1, 0.15) is 11.4 Å². The third-order valence-electron chi connectivity index (χ3n) is 6.89. The molecule has 10 nitrogen and oxygen atoms in total. The number of nitrogens with two attached hydrogens (primary N) is 1. The molecule has 2 fully saturated rings. The Morgan fingerprint density at radius 2 is 1.88 bits per heavy atom. The lowest BCUT2D eigenvalue weighted by Crippen LogP contribution is -2.56. The lowest BCUT2D eigenvalue weighted by Gasteiger charge is -2.46. The first kappa shape index (κ1) is 23.5. The topological polar surface area (TPSA) is 141 Å². The highest BCUT2D eigenvalue weighted by molar-refractivity contribution is 5.98. The van der Waals surface area contributed by atoms with Crippen LogP contribution in [0, 0.1) is 29.0 Å². The number of carbonyl (C=O) groups is 2. The van der Waals surface area contributed by atoms with Crippen molar-refractivity contribution in [1.29, 1.82) is 5.26 Å². The monoisotopic (exact) mass is 469 g/mol. The summed E-state index contributed by atoms with van der Waals surface area (Å²) >= 11 is 0. The Kier molecular flexibility index (Phi) is 6.70. The lowest BCUT2D eigenvalue weighted by atomic mass is 9.75. The molecule has 1 aromatic heterocycles. The van der Waals surface area contributed by atoms with Gasteiger partial charge in [0.25, 0.3) is 5.91 Å². The van der Waals surface area contributed by atoms with E-state index in [1.807, 2.05) is 7.05 Å². The third-order valence-corrected chi connectivity index (χ3v) is 6.89. The number of amides is 2. The molecule has 180 valence electrons. The van der Waals surface area contributed by atoms with Crippen molar-refractivity contribution in [2.75, 3.05) is 32.0 Å². The molecule has 3 atom stereocenters. The van der Waals surface area contributed by atoms with Gasteiger partial charge in [0.2, 0.25) is 0 Å². The second kappa shape index (κ2) is 9.69. The fraction of sp³-hybridized carbons (Fsp3) is 0.478. The number of anilines is 2. The van der Waals surface area contributed by atoms with Crippen molar-refractivity contribution in [2.45, 2.75) is 31.3 Å².